The van der Waals surface area contributed by atoms with Gasteiger partial charge in [0.25, 0.3) is 0 Å². The minimum atomic E-state index is 0.490. The first-order valence-corrected chi connectivity index (χ1v) is 10.3. The van der Waals surface area contributed by atoms with Gasteiger partial charge in [-0.25, -0.2) is 0 Å². The summed E-state index contributed by atoms with van der Waals surface area (Å²) in [6.45, 7) is 3.26. The topological polar surface area (TPSA) is 45.5 Å². The highest BCUT2D eigenvalue weighted by atomic mass is 32.2. The molecule has 0 unspecified atom stereocenters. The quantitative estimate of drug-likeness (QED) is 0.516. The van der Waals surface area contributed by atoms with Crippen molar-refractivity contribution < 1.29 is 0 Å². The third-order valence-corrected chi connectivity index (χ3v) is 6.74. The Morgan fingerprint density at radius 2 is 2.21 bits per heavy atom. The van der Waals surface area contributed by atoms with Gasteiger partial charge >= 0.3 is 0 Å². The lowest BCUT2D eigenvalue weighted by molar-refractivity contribution is 0.293. The molecular formula is C18H31N5S. The van der Waals surface area contributed by atoms with Crippen LogP contribution < -0.4 is 5.32 Å². The Labute approximate surface area is 150 Å². The van der Waals surface area contributed by atoms with Gasteiger partial charge in [-0.15, -0.1) is 0 Å². The minimum Gasteiger partial charge on any atom is -0.356 e. The molecule has 1 spiro atoms. The molecule has 0 atom stereocenters. The van der Waals surface area contributed by atoms with Crippen molar-refractivity contribution in [2.75, 3.05) is 32.4 Å². The molecule has 134 valence electrons. The minimum absolute atomic E-state index is 0.490. The van der Waals surface area contributed by atoms with Crippen LogP contribution in [0.2, 0.25) is 0 Å². The van der Waals surface area contributed by atoms with Crippen LogP contribution in [0.4, 0.5) is 0 Å². The SMILES string of the molecule is CN=C(NCCCc1cnn(C)c1)N1CCSC2(CCCCC2)C1. The van der Waals surface area contributed by atoms with E-state index in [1.54, 1.807) is 0 Å². The molecule has 0 aromatic carbocycles. The number of guanidine groups is 1. The molecule has 1 aromatic heterocycles. The predicted molar refractivity (Wildman–Crippen MR) is 103 cm³/mol. The van der Waals surface area contributed by atoms with Gasteiger partial charge in [0.15, 0.2) is 5.96 Å². The van der Waals surface area contributed by atoms with Crippen molar-refractivity contribution in [3.05, 3.63) is 18.0 Å². The summed E-state index contributed by atoms with van der Waals surface area (Å²) in [4.78, 5) is 7.04. The first-order chi connectivity index (χ1) is 11.7. The lowest BCUT2D eigenvalue weighted by Crippen LogP contribution is -2.53. The highest BCUT2D eigenvalue weighted by Crippen LogP contribution is 2.42. The summed E-state index contributed by atoms with van der Waals surface area (Å²) in [5.41, 5.74) is 1.31. The Bertz CT molecular complexity index is 542. The van der Waals surface area contributed by atoms with Crippen LogP contribution in [0.3, 0.4) is 0 Å². The molecule has 1 aliphatic carbocycles. The second-order valence-electron chi connectivity index (χ2n) is 7.11. The molecule has 3 rings (SSSR count). The zero-order valence-corrected chi connectivity index (χ0v) is 15.9. The number of aromatic nitrogens is 2. The van der Waals surface area contributed by atoms with Gasteiger partial charge in [0.05, 0.1) is 6.20 Å². The molecule has 1 aliphatic heterocycles. The summed E-state index contributed by atoms with van der Waals surface area (Å²) < 4.78 is 2.36. The first kappa shape index (κ1) is 17.6. The maximum atomic E-state index is 4.54. The Hall–Kier alpha value is -1.17. The zero-order valence-electron chi connectivity index (χ0n) is 15.1. The van der Waals surface area contributed by atoms with Gasteiger partial charge in [-0.05, 0) is 31.2 Å². The van der Waals surface area contributed by atoms with E-state index < -0.39 is 0 Å². The third-order valence-electron chi connectivity index (χ3n) is 5.21. The average molecular weight is 350 g/mol. The first-order valence-electron chi connectivity index (χ1n) is 9.28. The molecule has 1 N–H and O–H groups in total. The summed E-state index contributed by atoms with van der Waals surface area (Å²) in [5, 5.41) is 7.81. The van der Waals surface area contributed by atoms with Crippen molar-refractivity contribution >= 4 is 17.7 Å². The zero-order chi connectivity index (χ0) is 16.8. The van der Waals surface area contributed by atoms with Gasteiger partial charge in [0.1, 0.15) is 0 Å². The van der Waals surface area contributed by atoms with Crippen molar-refractivity contribution in [3.8, 4) is 0 Å². The number of hydrogen-bond donors (Lipinski definition) is 1. The standard InChI is InChI=1S/C18H31N5S/c1-19-17(20-10-6-7-16-13-21-22(2)14-16)23-11-12-24-18(15-23)8-4-3-5-9-18/h13-14H,3-12,15H2,1-2H3,(H,19,20). The third kappa shape index (κ3) is 4.47. The number of nitrogens with zero attached hydrogens (tertiary/aromatic N) is 4. The fourth-order valence-electron chi connectivity index (χ4n) is 3.95. The fourth-order valence-corrected chi connectivity index (χ4v) is 5.52. The highest BCUT2D eigenvalue weighted by Gasteiger charge is 2.38. The van der Waals surface area contributed by atoms with Gasteiger partial charge in [0, 0.05) is 50.4 Å². The molecule has 0 radical (unpaired) electrons. The van der Waals surface area contributed by atoms with Crippen LogP contribution in [0.5, 0.6) is 0 Å². The molecule has 2 fully saturated rings. The fraction of sp³-hybridized carbons (Fsp3) is 0.778. The van der Waals surface area contributed by atoms with Crippen molar-refractivity contribution in [2.45, 2.75) is 49.7 Å². The molecule has 6 heteroatoms. The number of aliphatic imine (C=N–C) groups is 1. The van der Waals surface area contributed by atoms with Gasteiger partial charge < -0.3 is 10.2 Å². The normalized spacial score (nSPS) is 21.2. The van der Waals surface area contributed by atoms with E-state index in [1.165, 1.54) is 50.0 Å². The molecule has 0 bridgehead atoms. The van der Waals surface area contributed by atoms with E-state index in [4.69, 9.17) is 0 Å². The van der Waals surface area contributed by atoms with E-state index >= 15 is 0 Å². The Morgan fingerprint density at radius 1 is 1.38 bits per heavy atom. The summed E-state index contributed by atoms with van der Waals surface area (Å²) in [7, 11) is 3.89. The van der Waals surface area contributed by atoms with Crippen LogP contribution in [0.25, 0.3) is 0 Å². The molecule has 1 saturated heterocycles. The number of thioether (sulfide) groups is 1. The van der Waals surface area contributed by atoms with E-state index in [2.05, 4.69) is 38.3 Å². The molecule has 2 aliphatic rings. The van der Waals surface area contributed by atoms with Crippen molar-refractivity contribution in [2.24, 2.45) is 12.0 Å². The Kier molecular flexibility index (Phi) is 6.09. The molecule has 24 heavy (non-hydrogen) atoms. The van der Waals surface area contributed by atoms with Gasteiger partial charge in [-0.2, -0.15) is 16.9 Å². The lowest BCUT2D eigenvalue weighted by atomic mass is 9.87. The van der Waals surface area contributed by atoms with Crippen LogP contribution in [-0.4, -0.2) is 57.8 Å². The molecule has 1 aromatic rings. The summed E-state index contributed by atoms with van der Waals surface area (Å²) in [6.07, 6.45) is 13.2. The van der Waals surface area contributed by atoms with Crippen LogP contribution in [0, 0.1) is 0 Å². The van der Waals surface area contributed by atoms with E-state index in [9.17, 15) is 0 Å². The van der Waals surface area contributed by atoms with Crippen LogP contribution >= 0.6 is 11.8 Å². The number of aryl methyl sites for hydroxylation is 2. The second-order valence-corrected chi connectivity index (χ2v) is 8.68. The number of hydrogen-bond acceptors (Lipinski definition) is 3. The van der Waals surface area contributed by atoms with Gasteiger partial charge in [0.2, 0.25) is 0 Å². The van der Waals surface area contributed by atoms with Gasteiger partial charge in [-0.1, -0.05) is 19.3 Å². The van der Waals surface area contributed by atoms with E-state index in [0.29, 0.717) is 4.75 Å². The van der Waals surface area contributed by atoms with E-state index in [0.717, 1.165) is 31.9 Å². The van der Waals surface area contributed by atoms with E-state index in [1.807, 2.05) is 25.0 Å². The molecule has 1 saturated carbocycles. The smallest absolute Gasteiger partial charge is 0.193 e. The number of rotatable bonds is 4. The average Bonchev–Trinajstić information content (AvgIpc) is 3.01. The monoisotopic (exact) mass is 349 g/mol. The molecule has 5 nitrogen and oxygen atoms in total. The van der Waals surface area contributed by atoms with E-state index in [-0.39, 0.29) is 0 Å². The molecule has 0 amide bonds. The van der Waals surface area contributed by atoms with Crippen LogP contribution in [0.1, 0.15) is 44.1 Å². The van der Waals surface area contributed by atoms with Gasteiger partial charge in [-0.3, -0.25) is 9.67 Å². The second kappa shape index (κ2) is 8.28. The van der Waals surface area contributed by atoms with Crippen molar-refractivity contribution in [3.63, 3.8) is 0 Å². The van der Waals surface area contributed by atoms with Crippen molar-refractivity contribution in [1.29, 1.82) is 0 Å². The van der Waals surface area contributed by atoms with Crippen LogP contribution in [-0.2, 0) is 13.5 Å². The number of nitrogens with one attached hydrogen (secondary N) is 1. The molecular weight excluding hydrogens is 318 g/mol. The Morgan fingerprint density at radius 3 is 2.92 bits per heavy atom. The summed E-state index contributed by atoms with van der Waals surface area (Å²) >= 11 is 2.21. The maximum absolute atomic E-state index is 4.54. The van der Waals surface area contributed by atoms with Crippen molar-refractivity contribution in [1.82, 2.24) is 20.0 Å². The summed E-state index contributed by atoms with van der Waals surface area (Å²) in [6, 6.07) is 0. The largest absolute Gasteiger partial charge is 0.356 e. The highest BCUT2D eigenvalue weighted by molar-refractivity contribution is 8.00. The molecule has 2 heterocycles. The maximum Gasteiger partial charge on any atom is 0.193 e. The Balaban J connectivity index is 1.46. The lowest BCUT2D eigenvalue weighted by Gasteiger charge is -2.45. The predicted octanol–water partition coefficient (Wildman–Crippen LogP) is 2.68. The van der Waals surface area contributed by atoms with Crippen LogP contribution in [0.15, 0.2) is 17.4 Å². The summed E-state index contributed by atoms with van der Waals surface area (Å²) in [5.74, 6) is 2.32.